The highest BCUT2D eigenvalue weighted by Crippen LogP contribution is 2.22. The number of ether oxygens (including phenoxy) is 1. The summed E-state index contributed by atoms with van der Waals surface area (Å²) in [5.41, 5.74) is 7.10. The van der Waals surface area contributed by atoms with Gasteiger partial charge in [-0.3, -0.25) is 4.79 Å². The van der Waals surface area contributed by atoms with Crippen LogP contribution < -0.4 is 5.73 Å². The van der Waals surface area contributed by atoms with Gasteiger partial charge in [0, 0.05) is 0 Å². The number of nitrogens with two attached hydrogens (primary N) is 1. The second-order valence-electron chi connectivity index (χ2n) is 4.87. The second kappa shape index (κ2) is 5.85. The predicted molar refractivity (Wildman–Crippen MR) is 76.8 cm³/mol. The van der Waals surface area contributed by atoms with Crippen molar-refractivity contribution < 1.29 is 9.53 Å². The van der Waals surface area contributed by atoms with E-state index in [9.17, 15) is 4.79 Å². The summed E-state index contributed by atoms with van der Waals surface area (Å²) >= 11 is 0. The van der Waals surface area contributed by atoms with Gasteiger partial charge < -0.3 is 10.5 Å². The molecule has 0 heterocycles. The van der Waals surface area contributed by atoms with E-state index < -0.39 is 6.04 Å². The molecule has 0 fully saturated rings. The third-order valence-corrected chi connectivity index (χ3v) is 3.51. The number of carbonyl (C=O) groups excluding carboxylic acids is 1. The Hall–Kier alpha value is -1.87. The number of rotatable bonds is 4. The molecule has 2 unspecified atom stereocenters. The van der Waals surface area contributed by atoms with Gasteiger partial charge in [-0.15, -0.1) is 0 Å². The highest BCUT2D eigenvalue weighted by Gasteiger charge is 2.22. The number of hydrogen-bond acceptors (Lipinski definition) is 3. The highest BCUT2D eigenvalue weighted by atomic mass is 16.5. The summed E-state index contributed by atoms with van der Waals surface area (Å²) in [5.74, 6) is -0.314. The second-order valence-corrected chi connectivity index (χ2v) is 4.87. The van der Waals surface area contributed by atoms with Crippen molar-refractivity contribution in [2.24, 2.45) is 11.7 Å². The molecular formula is C16H19NO2. The number of fused-ring (bicyclic) bond motifs is 1. The van der Waals surface area contributed by atoms with Gasteiger partial charge in [0.15, 0.2) is 0 Å². The number of benzene rings is 2. The Bertz CT molecular complexity index is 574. The van der Waals surface area contributed by atoms with Crippen molar-refractivity contribution >= 4 is 16.7 Å². The SMILES string of the molecule is COC(=O)C(N)C(C)Cc1cccc2ccccc12. The van der Waals surface area contributed by atoms with Gasteiger partial charge in [0.25, 0.3) is 0 Å². The molecule has 0 radical (unpaired) electrons. The Balaban J connectivity index is 2.24. The molecule has 2 rings (SSSR count). The molecule has 0 aliphatic heterocycles. The molecule has 3 heteroatoms. The standard InChI is InChI=1S/C16H19NO2/c1-11(15(17)16(18)19-2)10-13-8-5-7-12-6-3-4-9-14(12)13/h3-9,11,15H,10,17H2,1-2H3. The Morgan fingerprint density at radius 3 is 2.63 bits per heavy atom. The largest absolute Gasteiger partial charge is 0.468 e. The van der Waals surface area contributed by atoms with Crippen LogP contribution in [0.4, 0.5) is 0 Å². The van der Waals surface area contributed by atoms with Crippen LogP contribution in [0.25, 0.3) is 10.8 Å². The normalized spacial score (nSPS) is 14.1. The molecule has 0 bridgehead atoms. The molecule has 19 heavy (non-hydrogen) atoms. The van der Waals surface area contributed by atoms with Crippen LogP contribution in [0.15, 0.2) is 42.5 Å². The minimum Gasteiger partial charge on any atom is -0.468 e. The van der Waals surface area contributed by atoms with Crippen LogP contribution in [0.3, 0.4) is 0 Å². The third-order valence-electron chi connectivity index (χ3n) is 3.51. The minimum absolute atomic E-state index is 0.0401. The minimum atomic E-state index is -0.580. The Labute approximate surface area is 113 Å². The van der Waals surface area contributed by atoms with Gasteiger partial charge >= 0.3 is 5.97 Å². The van der Waals surface area contributed by atoms with Gasteiger partial charge in [0.2, 0.25) is 0 Å². The first-order valence-electron chi connectivity index (χ1n) is 6.43. The zero-order valence-corrected chi connectivity index (χ0v) is 11.3. The first-order chi connectivity index (χ1) is 9.13. The Morgan fingerprint density at radius 1 is 1.21 bits per heavy atom. The number of carbonyl (C=O) groups is 1. The summed E-state index contributed by atoms with van der Waals surface area (Å²) in [5, 5.41) is 2.42. The third kappa shape index (κ3) is 2.93. The molecule has 0 saturated heterocycles. The zero-order chi connectivity index (χ0) is 13.8. The lowest BCUT2D eigenvalue weighted by molar-refractivity contribution is -0.143. The lowest BCUT2D eigenvalue weighted by Gasteiger charge is -2.18. The quantitative estimate of drug-likeness (QED) is 0.856. The van der Waals surface area contributed by atoms with Gasteiger partial charge in [-0.25, -0.2) is 0 Å². The fraction of sp³-hybridized carbons (Fsp3) is 0.312. The van der Waals surface area contributed by atoms with Gasteiger partial charge in [-0.1, -0.05) is 49.4 Å². The van der Waals surface area contributed by atoms with E-state index in [2.05, 4.69) is 24.3 Å². The topological polar surface area (TPSA) is 52.3 Å². The smallest absolute Gasteiger partial charge is 0.322 e. The van der Waals surface area contributed by atoms with E-state index in [1.807, 2.05) is 25.1 Å². The van der Waals surface area contributed by atoms with Crippen molar-refractivity contribution in [3.8, 4) is 0 Å². The number of esters is 1. The molecule has 2 atom stereocenters. The van der Waals surface area contributed by atoms with Gasteiger partial charge in [0.1, 0.15) is 6.04 Å². The van der Waals surface area contributed by atoms with Crippen molar-refractivity contribution in [2.45, 2.75) is 19.4 Å². The molecule has 0 saturated carbocycles. The van der Waals surface area contributed by atoms with Crippen LogP contribution in [0, 0.1) is 5.92 Å². The van der Waals surface area contributed by atoms with E-state index in [4.69, 9.17) is 10.5 Å². The van der Waals surface area contributed by atoms with Crippen molar-refractivity contribution in [3.63, 3.8) is 0 Å². The average Bonchev–Trinajstić information content (AvgIpc) is 2.46. The molecule has 0 aliphatic carbocycles. The summed E-state index contributed by atoms with van der Waals surface area (Å²) in [6, 6.07) is 13.9. The van der Waals surface area contributed by atoms with Gasteiger partial charge in [-0.2, -0.15) is 0 Å². The molecule has 100 valence electrons. The monoisotopic (exact) mass is 257 g/mol. The number of hydrogen-bond donors (Lipinski definition) is 1. The molecule has 0 aliphatic rings. The molecule has 3 nitrogen and oxygen atoms in total. The van der Waals surface area contributed by atoms with Crippen molar-refractivity contribution in [3.05, 3.63) is 48.0 Å². The average molecular weight is 257 g/mol. The van der Waals surface area contributed by atoms with Gasteiger partial charge in [0.05, 0.1) is 7.11 Å². The summed E-state index contributed by atoms with van der Waals surface area (Å²) < 4.78 is 4.69. The molecule has 0 spiro atoms. The van der Waals surface area contributed by atoms with Crippen LogP contribution in [0.1, 0.15) is 12.5 Å². The molecule has 2 aromatic carbocycles. The van der Waals surface area contributed by atoms with E-state index >= 15 is 0 Å². The van der Waals surface area contributed by atoms with E-state index in [0.717, 1.165) is 6.42 Å². The van der Waals surface area contributed by atoms with Crippen molar-refractivity contribution in [1.82, 2.24) is 0 Å². The number of methoxy groups -OCH3 is 1. The van der Waals surface area contributed by atoms with Crippen LogP contribution in [0.2, 0.25) is 0 Å². The lowest BCUT2D eigenvalue weighted by Crippen LogP contribution is -2.38. The van der Waals surface area contributed by atoms with Crippen LogP contribution in [-0.2, 0) is 16.0 Å². The maximum Gasteiger partial charge on any atom is 0.322 e. The lowest BCUT2D eigenvalue weighted by atomic mass is 9.91. The Kier molecular flexibility index (Phi) is 4.17. The Morgan fingerprint density at radius 2 is 1.89 bits per heavy atom. The maximum atomic E-state index is 11.5. The summed E-state index contributed by atoms with van der Waals surface area (Å²) in [4.78, 5) is 11.5. The first kappa shape index (κ1) is 13.6. The molecule has 0 amide bonds. The van der Waals surface area contributed by atoms with Crippen LogP contribution in [0.5, 0.6) is 0 Å². The van der Waals surface area contributed by atoms with Gasteiger partial charge in [-0.05, 0) is 28.7 Å². The molecular weight excluding hydrogens is 238 g/mol. The summed E-state index contributed by atoms with van der Waals surface area (Å²) in [7, 11) is 1.37. The molecule has 2 N–H and O–H groups in total. The highest BCUT2D eigenvalue weighted by molar-refractivity contribution is 5.85. The van der Waals surface area contributed by atoms with E-state index in [0.29, 0.717) is 0 Å². The van der Waals surface area contributed by atoms with E-state index in [1.54, 1.807) is 0 Å². The zero-order valence-electron chi connectivity index (χ0n) is 11.3. The summed E-state index contributed by atoms with van der Waals surface area (Å²) in [6.45, 7) is 1.98. The van der Waals surface area contributed by atoms with Crippen LogP contribution >= 0.6 is 0 Å². The maximum absolute atomic E-state index is 11.5. The van der Waals surface area contributed by atoms with E-state index in [1.165, 1.54) is 23.4 Å². The predicted octanol–water partition coefficient (Wildman–Crippen LogP) is 2.52. The molecule has 0 aromatic heterocycles. The fourth-order valence-electron chi connectivity index (χ4n) is 2.31. The van der Waals surface area contributed by atoms with E-state index in [-0.39, 0.29) is 11.9 Å². The van der Waals surface area contributed by atoms with Crippen molar-refractivity contribution in [2.75, 3.05) is 7.11 Å². The fourth-order valence-corrected chi connectivity index (χ4v) is 2.31. The summed E-state index contributed by atoms with van der Waals surface area (Å²) in [6.07, 6.45) is 0.762. The van der Waals surface area contributed by atoms with Crippen molar-refractivity contribution in [1.29, 1.82) is 0 Å². The molecule has 2 aromatic rings. The first-order valence-corrected chi connectivity index (χ1v) is 6.43. The van der Waals surface area contributed by atoms with Crippen LogP contribution in [-0.4, -0.2) is 19.1 Å².